The number of nitrogens with zero attached hydrogens (tertiary/aromatic N) is 1. The molecule has 2 heterocycles. The number of amides is 2. The summed E-state index contributed by atoms with van der Waals surface area (Å²) in [6.07, 6.45) is 1.76. The molecule has 3 rings (SSSR count). The van der Waals surface area contributed by atoms with Gasteiger partial charge in [0, 0.05) is 29.5 Å². The molecule has 0 bridgehead atoms. The summed E-state index contributed by atoms with van der Waals surface area (Å²) in [5, 5.41) is 2.79. The number of piperidine rings is 1. The van der Waals surface area contributed by atoms with Crippen LogP contribution < -0.4 is 21.7 Å². The summed E-state index contributed by atoms with van der Waals surface area (Å²) in [6.45, 7) is 2.75. The summed E-state index contributed by atoms with van der Waals surface area (Å²) >= 11 is 0. The molecule has 6 nitrogen and oxygen atoms in total. The highest BCUT2D eigenvalue weighted by Gasteiger charge is 2.31. The highest BCUT2D eigenvalue weighted by molar-refractivity contribution is 6.03. The van der Waals surface area contributed by atoms with E-state index < -0.39 is 6.04 Å². The number of hydrogen-bond acceptors (Lipinski definition) is 4. The summed E-state index contributed by atoms with van der Waals surface area (Å²) in [4.78, 5) is 25.2. The molecule has 0 aromatic heterocycles. The van der Waals surface area contributed by atoms with Crippen molar-refractivity contribution in [2.45, 2.75) is 31.8 Å². The lowest BCUT2D eigenvalue weighted by molar-refractivity contribution is -0.122. The molecule has 112 valence electrons. The lowest BCUT2D eigenvalue weighted by Crippen LogP contribution is -2.45. The smallest absolute Gasteiger partial charge is 0.245 e. The average Bonchev–Trinajstić information content (AvgIpc) is 2.74. The minimum absolute atomic E-state index is 0.119. The van der Waals surface area contributed by atoms with Crippen molar-refractivity contribution >= 4 is 23.2 Å². The van der Waals surface area contributed by atoms with E-state index in [2.05, 4.69) is 17.1 Å². The summed E-state index contributed by atoms with van der Waals surface area (Å²) in [6, 6.07) is 5.52. The van der Waals surface area contributed by atoms with Crippen molar-refractivity contribution in [3.8, 4) is 0 Å². The minimum Gasteiger partial charge on any atom is -0.369 e. The molecule has 21 heavy (non-hydrogen) atoms. The topological polar surface area (TPSA) is 101 Å². The highest BCUT2D eigenvalue weighted by atomic mass is 16.2. The Bertz CT molecular complexity index is 601. The minimum atomic E-state index is -0.591. The molecule has 0 radical (unpaired) electrons. The van der Waals surface area contributed by atoms with E-state index in [0.29, 0.717) is 12.6 Å². The first-order chi connectivity index (χ1) is 9.97. The maximum absolute atomic E-state index is 11.6. The van der Waals surface area contributed by atoms with Gasteiger partial charge in [-0.3, -0.25) is 9.59 Å². The van der Waals surface area contributed by atoms with Crippen LogP contribution in [-0.4, -0.2) is 24.4 Å². The molecule has 0 saturated carbocycles. The SMILES string of the molecule is CC1CCC(C(N)=O)CN1c1ccc2c(c1)NC(=O)C2N. The molecule has 6 heteroatoms. The monoisotopic (exact) mass is 288 g/mol. The number of anilines is 2. The molecule has 3 unspecified atom stereocenters. The van der Waals surface area contributed by atoms with Gasteiger partial charge in [0.1, 0.15) is 6.04 Å². The van der Waals surface area contributed by atoms with Gasteiger partial charge in [0.15, 0.2) is 0 Å². The third kappa shape index (κ3) is 2.35. The van der Waals surface area contributed by atoms with Gasteiger partial charge in [0.25, 0.3) is 0 Å². The van der Waals surface area contributed by atoms with Crippen LogP contribution in [0.4, 0.5) is 11.4 Å². The molecule has 5 N–H and O–H groups in total. The molecule has 0 aliphatic carbocycles. The summed E-state index contributed by atoms with van der Waals surface area (Å²) in [5.41, 5.74) is 13.8. The molecule has 1 saturated heterocycles. The van der Waals surface area contributed by atoms with E-state index in [-0.39, 0.29) is 17.7 Å². The normalized spacial score (nSPS) is 28.2. The van der Waals surface area contributed by atoms with Crippen LogP contribution in [0.15, 0.2) is 18.2 Å². The number of fused-ring (bicyclic) bond motifs is 1. The number of rotatable bonds is 2. The number of carbonyl (C=O) groups is 2. The van der Waals surface area contributed by atoms with E-state index in [4.69, 9.17) is 11.5 Å². The Labute approximate surface area is 123 Å². The van der Waals surface area contributed by atoms with Crippen LogP contribution in [0.1, 0.15) is 31.4 Å². The maximum atomic E-state index is 11.6. The zero-order valence-electron chi connectivity index (χ0n) is 12.0. The van der Waals surface area contributed by atoms with Crippen molar-refractivity contribution in [2.75, 3.05) is 16.8 Å². The number of carbonyl (C=O) groups excluding carboxylic acids is 2. The number of nitrogens with one attached hydrogen (secondary N) is 1. The van der Waals surface area contributed by atoms with Crippen LogP contribution in [0.3, 0.4) is 0 Å². The molecule has 1 aromatic carbocycles. The summed E-state index contributed by atoms with van der Waals surface area (Å²) in [7, 11) is 0. The summed E-state index contributed by atoms with van der Waals surface area (Å²) < 4.78 is 0. The van der Waals surface area contributed by atoms with Gasteiger partial charge < -0.3 is 21.7 Å². The first kappa shape index (κ1) is 13.9. The van der Waals surface area contributed by atoms with E-state index >= 15 is 0 Å². The molecule has 3 atom stereocenters. The van der Waals surface area contributed by atoms with E-state index in [1.54, 1.807) is 0 Å². The van der Waals surface area contributed by atoms with Gasteiger partial charge >= 0.3 is 0 Å². The van der Waals surface area contributed by atoms with Crippen LogP contribution in [0, 0.1) is 5.92 Å². The molecule has 2 amide bonds. The Morgan fingerprint density at radius 2 is 2.14 bits per heavy atom. The molecule has 1 fully saturated rings. The molecule has 2 aliphatic heterocycles. The third-order valence-corrected chi connectivity index (χ3v) is 4.53. The summed E-state index contributed by atoms with van der Waals surface area (Å²) in [5.74, 6) is -0.543. The van der Waals surface area contributed by atoms with Gasteiger partial charge in [-0.2, -0.15) is 0 Å². The second-order valence-electron chi connectivity index (χ2n) is 5.92. The molecule has 0 spiro atoms. The number of hydrogen-bond donors (Lipinski definition) is 3. The molecule has 1 aromatic rings. The van der Waals surface area contributed by atoms with Gasteiger partial charge in [-0.25, -0.2) is 0 Å². The second-order valence-corrected chi connectivity index (χ2v) is 5.92. The average molecular weight is 288 g/mol. The van der Waals surface area contributed by atoms with Crippen molar-refractivity contribution in [2.24, 2.45) is 17.4 Å². The molecular weight excluding hydrogens is 268 g/mol. The zero-order chi connectivity index (χ0) is 15.1. The van der Waals surface area contributed by atoms with E-state index in [0.717, 1.165) is 29.8 Å². The lowest BCUT2D eigenvalue weighted by atomic mass is 9.92. The van der Waals surface area contributed by atoms with Crippen LogP contribution in [0.5, 0.6) is 0 Å². The second kappa shape index (κ2) is 5.04. The predicted molar refractivity (Wildman–Crippen MR) is 80.7 cm³/mol. The largest absolute Gasteiger partial charge is 0.369 e. The van der Waals surface area contributed by atoms with Crippen molar-refractivity contribution in [1.29, 1.82) is 0 Å². The Kier molecular flexibility index (Phi) is 3.33. The highest BCUT2D eigenvalue weighted by Crippen LogP contribution is 2.35. The Morgan fingerprint density at radius 3 is 2.86 bits per heavy atom. The van der Waals surface area contributed by atoms with E-state index in [1.807, 2.05) is 18.2 Å². The van der Waals surface area contributed by atoms with Crippen LogP contribution >= 0.6 is 0 Å². The van der Waals surface area contributed by atoms with E-state index in [9.17, 15) is 9.59 Å². The van der Waals surface area contributed by atoms with Crippen LogP contribution in [0.25, 0.3) is 0 Å². The fourth-order valence-corrected chi connectivity index (χ4v) is 3.15. The van der Waals surface area contributed by atoms with Crippen LogP contribution in [0.2, 0.25) is 0 Å². The lowest BCUT2D eigenvalue weighted by Gasteiger charge is -2.38. The fourth-order valence-electron chi connectivity index (χ4n) is 3.15. The van der Waals surface area contributed by atoms with Gasteiger partial charge in [-0.05, 0) is 31.9 Å². The Morgan fingerprint density at radius 1 is 1.38 bits per heavy atom. The number of nitrogens with two attached hydrogens (primary N) is 2. The first-order valence-corrected chi connectivity index (χ1v) is 7.23. The van der Waals surface area contributed by atoms with E-state index in [1.165, 1.54) is 0 Å². The van der Waals surface area contributed by atoms with Gasteiger partial charge in [0.05, 0.1) is 5.92 Å². The zero-order valence-corrected chi connectivity index (χ0v) is 12.0. The van der Waals surface area contributed by atoms with Gasteiger partial charge in [0.2, 0.25) is 11.8 Å². The van der Waals surface area contributed by atoms with Crippen molar-refractivity contribution in [1.82, 2.24) is 0 Å². The standard InChI is InChI=1S/C15H20N4O2/c1-8-2-3-9(14(17)20)7-19(8)10-4-5-11-12(6-10)18-15(21)13(11)16/h4-6,8-9,13H,2-3,7,16H2,1H3,(H2,17,20)(H,18,21). The number of primary amides is 1. The third-order valence-electron chi connectivity index (χ3n) is 4.53. The maximum Gasteiger partial charge on any atom is 0.245 e. The number of benzene rings is 1. The first-order valence-electron chi connectivity index (χ1n) is 7.23. The molecular formula is C15H20N4O2. The quantitative estimate of drug-likeness (QED) is 0.746. The fraction of sp³-hybridized carbons (Fsp3) is 0.467. The Balaban J connectivity index is 1.88. The van der Waals surface area contributed by atoms with Crippen LogP contribution in [-0.2, 0) is 9.59 Å². The van der Waals surface area contributed by atoms with Crippen molar-refractivity contribution in [3.63, 3.8) is 0 Å². The van der Waals surface area contributed by atoms with Crippen molar-refractivity contribution < 1.29 is 9.59 Å². The van der Waals surface area contributed by atoms with Gasteiger partial charge in [-0.1, -0.05) is 6.07 Å². The van der Waals surface area contributed by atoms with Crippen molar-refractivity contribution in [3.05, 3.63) is 23.8 Å². The molecule has 2 aliphatic rings. The van der Waals surface area contributed by atoms with Gasteiger partial charge in [-0.15, -0.1) is 0 Å². The Hall–Kier alpha value is -2.08. The predicted octanol–water partition coefficient (Wildman–Crippen LogP) is 0.729.